The number of methoxy groups -OCH3 is 1. The van der Waals surface area contributed by atoms with Crippen LogP contribution in [0.25, 0.3) is 0 Å². The fraction of sp³-hybridized carbons (Fsp3) is 0.714. The molecule has 6 heteroatoms. The highest BCUT2D eigenvalue weighted by Gasteiger charge is 2.38. The van der Waals surface area contributed by atoms with E-state index in [1.165, 1.54) is 7.11 Å². The molecule has 0 radical (unpaired) electrons. The first-order chi connectivity index (χ1) is 9.44. The van der Waals surface area contributed by atoms with Crippen LogP contribution in [0.5, 0.6) is 0 Å². The second-order valence-corrected chi connectivity index (χ2v) is 6.08. The first-order valence-corrected chi connectivity index (χ1v) is 7.38. The molecule has 0 aliphatic heterocycles. The van der Waals surface area contributed by atoms with Crippen LogP contribution >= 0.6 is 11.6 Å². The van der Waals surface area contributed by atoms with Crippen molar-refractivity contribution < 1.29 is 9.53 Å². The molecular weight excluding hydrogens is 278 g/mol. The summed E-state index contributed by atoms with van der Waals surface area (Å²) in [6.45, 7) is 4.54. The third-order valence-electron chi connectivity index (χ3n) is 3.69. The number of carbonyl (C=O) groups excluding carboxylic acids is 1. The Balaban J connectivity index is 1.89. The van der Waals surface area contributed by atoms with Crippen LogP contribution in [0.2, 0.25) is 5.02 Å². The molecule has 1 fully saturated rings. The average molecular weight is 300 g/mol. The maximum Gasteiger partial charge on any atom is 0.325 e. The van der Waals surface area contributed by atoms with E-state index in [4.69, 9.17) is 16.3 Å². The minimum Gasteiger partial charge on any atom is -0.468 e. The van der Waals surface area contributed by atoms with Crippen molar-refractivity contribution in [3.05, 3.63) is 16.9 Å². The smallest absolute Gasteiger partial charge is 0.325 e. The molecule has 1 N–H and O–H groups in total. The average Bonchev–Trinajstić information content (AvgIpc) is 3.15. The van der Waals surface area contributed by atoms with Crippen LogP contribution < -0.4 is 5.32 Å². The van der Waals surface area contributed by atoms with Gasteiger partial charge in [-0.25, -0.2) is 0 Å². The molecule has 0 amide bonds. The Hall–Kier alpha value is -1.07. The van der Waals surface area contributed by atoms with Crippen LogP contribution in [0.3, 0.4) is 0 Å². The van der Waals surface area contributed by atoms with Gasteiger partial charge in [0.2, 0.25) is 0 Å². The van der Waals surface area contributed by atoms with E-state index < -0.39 is 5.54 Å². The number of carbonyl (C=O) groups is 1. The first-order valence-electron chi connectivity index (χ1n) is 7.00. The molecule has 5 nitrogen and oxygen atoms in total. The van der Waals surface area contributed by atoms with Crippen LogP contribution in [-0.4, -0.2) is 34.4 Å². The molecule has 0 bridgehead atoms. The van der Waals surface area contributed by atoms with Gasteiger partial charge in [-0.15, -0.1) is 0 Å². The van der Waals surface area contributed by atoms with Gasteiger partial charge in [0.25, 0.3) is 0 Å². The molecule has 1 aromatic rings. The van der Waals surface area contributed by atoms with Gasteiger partial charge in [-0.2, -0.15) is 5.10 Å². The van der Waals surface area contributed by atoms with Crippen molar-refractivity contribution in [1.82, 2.24) is 15.1 Å². The van der Waals surface area contributed by atoms with E-state index in [2.05, 4.69) is 10.4 Å². The number of hydrogen-bond acceptors (Lipinski definition) is 4. The molecule has 2 rings (SSSR count). The molecule has 1 saturated carbocycles. The van der Waals surface area contributed by atoms with E-state index in [1.807, 2.05) is 24.7 Å². The number of ether oxygens (including phenoxy) is 1. The van der Waals surface area contributed by atoms with Gasteiger partial charge in [0.15, 0.2) is 0 Å². The van der Waals surface area contributed by atoms with E-state index in [1.54, 1.807) is 0 Å². The highest BCUT2D eigenvalue weighted by atomic mass is 35.5. The Morgan fingerprint density at radius 2 is 2.35 bits per heavy atom. The summed E-state index contributed by atoms with van der Waals surface area (Å²) in [7, 11) is 1.44. The largest absolute Gasteiger partial charge is 0.468 e. The lowest BCUT2D eigenvalue weighted by Gasteiger charge is -2.28. The third-order valence-corrected chi connectivity index (χ3v) is 4.06. The third kappa shape index (κ3) is 3.73. The van der Waals surface area contributed by atoms with Gasteiger partial charge in [0.05, 0.1) is 17.8 Å². The monoisotopic (exact) mass is 299 g/mol. The molecule has 0 spiro atoms. The fourth-order valence-corrected chi connectivity index (χ4v) is 2.49. The molecule has 1 unspecified atom stereocenters. The summed E-state index contributed by atoms with van der Waals surface area (Å²) in [4.78, 5) is 12.0. The highest BCUT2D eigenvalue weighted by Crippen LogP contribution is 2.26. The Bertz CT molecular complexity index is 465. The molecule has 20 heavy (non-hydrogen) atoms. The van der Waals surface area contributed by atoms with Crippen LogP contribution in [0, 0.1) is 6.92 Å². The van der Waals surface area contributed by atoms with E-state index in [9.17, 15) is 4.79 Å². The number of hydrogen-bond donors (Lipinski definition) is 1. The summed E-state index contributed by atoms with van der Waals surface area (Å²) < 4.78 is 6.75. The molecular formula is C14H22ClN3O2. The van der Waals surface area contributed by atoms with Crippen LogP contribution in [0.4, 0.5) is 0 Å². The molecule has 0 aromatic carbocycles. The van der Waals surface area contributed by atoms with E-state index in [-0.39, 0.29) is 5.97 Å². The number of nitrogens with zero attached hydrogens (tertiary/aromatic N) is 2. The second kappa shape index (κ2) is 6.14. The zero-order chi connectivity index (χ0) is 14.8. The minimum atomic E-state index is -0.609. The molecule has 112 valence electrons. The van der Waals surface area contributed by atoms with Crippen LogP contribution in [0.15, 0.2) is 6.20 Å². The normalized spacial score (nSPS) is 17.8. The standard InChI is InChI=1S/C14H22ClN3O2/c1-10-12(15)9-18(17-10)8-4-7-14(2,13(19)20-3)16-11-5-6-11/h9,11,16H,4-8H2,1-3H3. The SMILES string of the molecule is COC(=O)C(C)(CCCn1cc(Cl)c(C)n1)NC1CC1. The van der Waals surface area contributed by atoms with Crippen molar-refractivity contribution in [3.8, 4) is 0 Å². The molecule has 1 atom stereocenters. The number of nitrogens with one attached hydrogen (secondary N) is 1. The second-order valence-electron chi connectivity index (χ2n) is 5.67. The Morgan fingerprint density at radius 3 is 2.85 bits per heavy atom. The Kier molecular flexibility index (Phi) is 4.70. The van der Waals surface area contributed by atoms with Crippen molar-refractivity contribution in [3.63, 3.8) is 0 Å². The summed E-state index contributed by atoms with van der Waals surface area (Å²) in [5.74, 6) is -0.195. The molecule has 1 aliphatic rings. The molecule has 1 heterocycles. The van der Waals surface area contributed by atoms with Gasteiger partial charge < -0.3 is 4.74 Å². The predicted octanol–water partition coefficient (Wildman–Crippen LogP) is 2.31. The van der Waals surface area contributed by atoms with Crippen LogP contribution in [0.1, 0.15) is 38.3 Å². The summed E-state index contributed by atoms with van der Waals surface area (Å²) >= 11 is 5.98. The highest BCUT2D eigenvalue weighted by molar-refractivity contribution is 6.31. The number of aryl methyl sites for hydroxylation is 2. The Morgan fingerprint density at radius 1 is 1.65 bits per heavy atom. The van der Waals surface area contributed by atoms with Gasteiger partial charge in [0, 0.05) is 18.8 Å². The van der Waals surface area contributed by atoms with Crippen molar-refractivity contribution in [2.45, 2.75) is 57.7 Å². The van der Waals surface area contributed by atoms with Crippen molar-refractivity contribution in [1.29, 1.82) is 0 Å². The number of rotatable bonds is 7. The maximum atomic E-state index is 12.0. The molecule has 0 saturated heterocycles. The summed E-state index contributed by atoms with van der Waals surface area (Å²) in [6, 6.07) is 0.459. The fourth-order valence-electron chi connectivity index (χ4n) is 2.34. The van der Waals surface area contributed by atoms with Gasteiger partial charge in [-0.1, -0.05) is 11.6 Å². The van der Waals surface area contributed by atoms with Gasteiger partial charge in [0.1, 0.15) is 5.54 Å². The summed E-state index contributed by atoms with van der Waals surface area (Å²) in [5, 5.41) is 8.38. The van der Waals surface area contributed by atoms with Crippen LogP contribution in [-0.2, 0) is 16.1 Å². The number of halogens is 1. The lowest BCUT2D eigenvalue weighted by Crippen LogP contribution is -2.51. The quantitative estimate of drug-likeness (QED) is 0.785. The van der Waals surface area contributed by atoms with Crippen molar-refractivity contribution in [2.24, 2.45) is 0 Å². The van der Waals surface area contributed by atoms with Gasteiger partial charge in [-0.3, -0.25) is 14.8 Å². The van der Waals surface area contributed by atoms with Crippen molar-refractivity contribution in [2.75, 3.05) is 7.11 Å². The number of aromatic nitrogens is 2. The lowest BCUT2D eigenvalue weighted by molar-refractivity contribution is -0.148. The maximum absolute atomic E-state index is 12.0. The topological polar surface area (TPSA) is 56.2 Å². The van der Waals surface area contributed by atoms with Crippen molar-refractivity contribution >= 4 is 17.6 Å². The zero-order valence-corrected chi connectivity index (χ0v) is 13.0. The summed E-state index contributed by atoms with van der Waals surface area (Å²) in [6.07, 6.45) is 5.65. The Labute approximate surface area is 124 Å². The van der Waals surface area contributed by atoms with Gasteiger partial charge in [-0.05, 0) is 39.5 Å². The minimum absolute atomic E-state index is 0.195. The summed E-state index contributed by atoms with van der Waals surface area (Å²) in [5.41, 5.74) is 0.223. The molecule has 1 aliphatic carbocycles. The lowest BCUT2D eigenvalue weighted by atomic mass is 9.95. The van der Waals surface area contributed by atoms with E-state index in [0.717, 1.165) is 31.5 Å². The zero-order valence-electron chi connectivity index (χ0n) is 12.3. The number of esters is 1. The predicted molar refractivity (Wildman–Crippen MR) is 77.8 cm³/mol. The first kappa shape index (κ1) is 15.3. The molecule has 1 aromatic heterocycles. The van der Waals surface area contributed by atoms with Gasteiger partial charge >= 0.3 is 5.97 Å². The van der Waals surface area contributed by atoms with E-state index in [0.29, 0.717) is 17.5 Å². The van der Waals surface area contributed by atoms with E-state index >= 15 is 0 Å².